The molecule has 0 aromatic carbocycles. The first-order valence-electron chi connectivity index (χ1n) is 6.30. The summed E-state index contributed by atoms with van der Waals surface area (Å²) in [6, 6.07) is 1.57. The van der Waals surface area contributed by atoms with Gasteiger partial charge in [-0.05, 0) is 38.8 Å². The Morgan fingerprint density at radius 1 is 1.59 bits per heavy atom. The van der Waals surface area contributed by atoms with Crippen molar-refractivity contribution < 1.29 is 0 Å². The van der Waals surface area contributed by atoms with E-state index in [1.165, 1.54) is 19.2 Å². The second kappa shape index (κ2) is 5.82. The highest BCUT2D eigenvalue weighted by atomic mass is 16.1. The quantitative estimate of drug-likeness (QED) is 0.803. The van der Waals surface area contributed by atoms with E-state index in [9.17, 15) is 4.79 Å². The molecule has 2 rings (SSSR count). The molecule has 0 spiro atoms. The van der Waals surface area contributed by atoms with Gasteiger partial charge in [-0.25, -0.2) is 4.98 Å². The lowest BCUT2D eigenvalue weighted by molar-refractivity contribution is 0.377. The van der Waals surface area contributed by atoms with Gasteiger partial charge in [0.05, 0.1) is 6.33 Å². The van der Waals surface area contributed by atoms with Gasteiger partial charge in [0.2, 0.25) is 0 Å². The number of rotatable bonds is 4. The van der Waals surface area contributed by atoms with E-state index in [-0.39, 0.29) is 5.56 Å². The molecule has 0 bridgehead atoms. The summed E-state index contributed by atoms with van der Waals surface area (Å²) in [6.07, 6.45) is 3.97. The standard InChI is InChI=1S/C12H20N4O/c1-2-16(8-10-4-3-5-13-7-10)11-6-12(17)15-9-14-11/h6,9-10,13H,2-5,7-8H2,1H3,(H,14,15,17). The van der Waals surface area contributed by atoms with Gasteiger partial charge in [0, 0.05) is 19.2 Å². The number of aromatic nitrogens is 2. The van der Waals surface area contributed by atoms with Crippen molar-refractivity contribution in [2.45, 2.75) is 19.8 Å². The SMILES string of the molecule is CCN(CC1CCCNC1)c1cc(=O)[nH]cn1. The fourth-order valence-electron chi connectivity index (χ4n) is 2.31. The monoisotopic (exact) mass is 236 g/mol. The fourth-order valence-corrected chi connectivity index (χ4v) is 2.31. The van der Waals surface area contributed by atoms with E-state index in [1.807, 2.05) is 0 Å². The van der Waals surface area contributed by atoms with Crippen LogP contribution in [-0.4, -0.2) is 36.1 Å². The molecule has 1 aliphatic rings. The van der Waals surface area contributed by atoms with Crippen LogP contribution in [0.1, 0.15) is 19.8 Å². The zero-order valence-corrected chi connectivity index (χ0v) is 10.3. The second-order valence-electron chi connectivity index (χ2n) is 4.52. The molecular weight excluding hydrogens is 216 g/mol. The Balaban J connectivity index is 2.02. The summed E-state index contributed by atoms with van der Waals surface area (Å²) in [7, 11) is 0. The third-order valence-electron chi connectivity index (χ3n) is 3.25. The molecule has 2 N–H and O–H groups in total. The van der Waals surface area contributed by atoms with E-state index in [0.29, 0.717) is 5.92 Å². The van der Waals surface area contributed by atoms with Crippen molar-refractivity contribution >= 4 is 5.82 Å². The number of aromatic amines is 1. The van der Waals surface area contributed by atoms with Gasteiger partial charge in [0.15, 0.2) is 0 Å². The van der Waals surface area contributed by atoms with Crippen LogP contribution in [0.5, 0.6) is 0 Å². The molecule has 1 atom stereocenters. The number of hydrogen-bond donors (Lipinski definition) is 2. The molecule has 1 fully saturated rings. The molecule has 17 heavy (non-hydrogen) atoms. The lowest BCUT2D eigenvalue weighted by Crippen LogP contribution is -2.39. The number of nitrogens with zero attached hydrogens (tertiary/aromatic N) is 2. The Bertz CT molecular complexity index is 397. The predicted molar refractivity (Wildman–Crippen MR) is 68.3 cm³/mol. The molecule has 1 saturated heterocycles. The molecule has 5 nitrogen and oxygen atoms in total. The smallest absolute Gasteiger partial charge is 0.252 e. The highest BCUT2D eigenvalue weighted by Crippen LogP contribution is 2.15. The van der Waals surface area contributed by atoms with Gasteiger partial charge in [0.1, 0.15) is 5.82 Å². The molecule has 5 heteroatoms. The van der Waals surface area contributed by atoms with Gasteiger partial charge in [-0.15, -0.1) is 0 Å². The molecule has 1 unspecified atom stereocenters. The maximum atomic E-state index is 11.3. The molecule has 2 heterocycles. The van der Waals surface area contributed by atoms with Crippen molar-refractivity contribution in [1.29, 1.82) is 0 Å². The Morgan fingerprint density at radius 2 is 2.47 bits per heavy atom. The first-order valence-corrected chi connectivity index (χ1v) is 6.30. The minimum atomic E-state index is -0.0878. The first kappa shape index (κ1) is 12.1. The molecule has 0 amide bonds. The maximum Gasteiger partial charge on any atom is 0.252 e. The van der Waals surface area contributed by atoms with Crippen molar-refractivity contribution in [3.05, 3.63) is 22.7 Å². The molecule has 1 aliphatic heterocycles. The molecule has 1 aromatic rings. The number of piperidine rings is 1. The van der Waals surface area contributed by atoms with Crippen molar-refractivity contribution in [3.63, 3.8) is 0 Å². The van der Waals surface area contributed by atoms with E-state index in [2.05, 4.69) is 27.1 Å². The van der Waals surface area contributed by atoms with Crippen LogP contribution in [0.25, 0.3) is 0 Å². The van der Waals surface area contributed by atoms with E-state index in [0.717, 1.165) is 32.0 Å². The Hall–Kier alpha value is -1.36. The Labute approximate surface area is 101 Å². The van der Waals surface area contributed by atoms with E-state index in [4.69, 9.17) is 0 Å². The minimum absolute atomic E-state index is 0.0878. The van der Waals surface area contributed by atoms with Crippen LogP contribution >= 0.6 is 0 Å². The highest BCUT2D eigenvalue weighted by molar-refractivity contribution is 5.36. The average Bonchev–Trinajstić information content (AvgIpc) is 2.37. The number of nitrogens with one attached hydrogen (secondary N) is 2. The summed E-state index contributed by atoms with van der Waals surface area (Å²) in [4.78, 5) is 20.2. The van der Waals surface area contributed by atoms with Gasteiger partial charge in [-0.2, -0.15) is 0 Å². The van der Waals surface area contributed by atoms with Gasteiger partial charge < -0.3 is 15.2 Å². The summed E-state index contributed by atoms with van der Waals surface area (Å²) in [5.74, 6) is 1.44. The first-order chi connectivity index (χ1) is 8.29. The summed E-state index contributed by atoms with van der Waals surface area (Å²) < 4.78 is 0. The molecule has 0 aliphatic carbocycles. The second-order valence-corrected chi connectivity index (χ2v) is 4.52. The van der Waals surface area contributed by atoms with Crippen LogP contribution in [0, 0.1) is 5.92 Å². The Kier molecular flexibility index (Phi) is 4.14. The maximum absolute atomic E-state index is 11.3. The van der Waals surface area contributed by atoms with E-state index >= 15 is 0 Å². The summed E-state index contributed by atoms with van der Waals surface area (Å²) >= 11 is 0. The lowest BCUT2D eigenvalue weighted by atomic mass is 9.99. The topological polar surface area (TPSA) is 61.0 Å². The zero-order valence-electron chi connectivity index (χ0n) is 10.3. The van der Waals surface area contributed by atoms with Crippen molar-refractivity contribution in [2.75, 3.05) is 31.1 Å². The van der Waals surface area contributed by atoms with Crippen molar-refractivity contribution in [2.24, 2.45) is 5.92 Å². The van der Waals surface area contributed by atoms with E-state index in [1.54, 1.807) is 6.07 Å². The number of H-pyrrole nitrogens is 1. The van der Waals surface area contributed by atoms with Crippen LogP contribution in [0.2, 0.25) is 0 Å². The van der Waals surface area contributed by atoms with Crippen LogP contribution in [0.4, 0.5) is 5.82 Å². The third-order valence-corrected chi connectivity index (χ3v) is 3.25. The number of hydrogen-bond acceptors (Lipinski definition) is 4. The van der Waals surface area contributed by atoms with Gasteiger partial charge in [0.25, 0.3) is 5.56 Å². The van der Waals surface area contributed by atoms with Crippen LogP contribution < -0.4 is 15.8 Å². The van der Waals surface area contributed by atoms with Gasteiger partial charge in [-0.3, -0.25) is 4.79 Å². The van der Waals surface area contributed by atoms with Crippen LogP contribution in [0.3, 0.4) is 0 Å². The van der Waals surface area contributed by atoms with Gasteiger partial charge in [-0.1, -0.05) is 0 Å². The minimum Gasteiger partial charge on any atom is -0.356 e. The molecular formula is C12H20N4O. The molecule has 94 valence electrons. The van der Waals surface area contributed by atoms with Crippen molar-refractivity contribution in [1.82, 2.24) is 15.3 Å². The van der Waals surface area contributed by atoms with Gasteiger partial charge >= 0.3 is 0 Å². The van der Waals surface area contributed by atoms with E-state index < -0.39 is 0 Å². The Morgan fingerprint density at radius 3 is 3.12 bits per heavy atom. The molecule has 1 aromatic heterocycles. The lowest BCUT2D eigenvalue weighted by Gasteiger charge is -2.29. The fraction of sp³-hybridized carbons (Fsp3) is 0.667. The van der Waals surface area contributed by atoms with Crippen molar-refractivity contribution in [3.8, 4) is 0 Å². The largest absolute Gasteiger partial charge is 0.356 e. The predicted octanol–water partition coefficient (Wildman–Crippen LogP) is 0.596. The summed E-state index contributed by atoms with van der Waals surface area (Å²) in [6.45, 7) is 6.15. The van der Waals surface area contributed by atoms with Crippen LogP contribution in [0.15, 0.2) is 17.2 Å². The number of anilines is 1. The highest BCUT2D eigenvalue weighted by Gasteiger charge is 2.17. The molecule has 0 radical (unpaired) electrons. The normalized spacial score (nSPS) is 20.2. The van der Waals surface area contributed by atoms with Crippen LogP contribution in [-0.2, 0) is 0 Å². The summed E-state index contributed by atoms with van der Waals surface area (Å²) in [5.41, 5.74) is -0.0878. The molecule has 0 saturated carbocycles. The zero-order chi connectivity index (χ0) is 12.1. The summed E-state index contributed by atoms with van der Waals surface area (Å²) in [5, 5.41) is 3.41. The third kappa shape index (κ3) is 3.30. The average molecular weight is 236 g/mol.